The van der Waals surface area contributed by atoms with Gasteiger partial charge in [0.05, 0.1) is 28.5 Å². The van der Waals surface area contributed by atoms with E-state index in [9.17, 15) is 9.59 Å². The maximum atomic E-state index is 13.6. The molecule has 0 fully saturated rings. The first-order chi connectivity index (χ1) is 15.8. The van der Waals surface area contributed by atoms with Crippen molar-refractivity contribution in [1.29, 1.82) is 0 Å². The molecule has 1 aliphatic heterocycles. The van der Waals surface area contributed by atoms with Crippen molar-refractivity contribution in [2.24, 2.45) is 4.99 Å². The van der Waals surface area contributed by atoms with Crippen LogP contribution in [0.2, 0.25) is 0 Å². The van der Waals surface area contributed by atoms with Crippen molar-refractivity contribution in [3.63, 3.8) is 0 Å². The van der Waals surface area contributed by atoms with E-state index >= 15 is 0 Å². The van der Waals surface area contributed by atoms with E-state index in [2.05, 4.69) is 4.99 Å². The highest BCUT2D eigenvalue weighted by atomic mass is 32.1. The van der Waals surface area contributed by atoms with Crippen LogP contribution in [-0.2, 0) is 9.53 Å². The lowest BCUT2D eigenvalue weighted by molar-refractivity contribution is -0.139. The van der Waals surface area contributed by atoms with E-state index in [0.29, 0.717) is 20.6 Å². The molecule has 0 N–H and O–H groups in total. The van der Waals surface area contributed by atoms with E-state index in [1.165, 1.54) is 11.3 Å². The zero-order valence-electron chi connectivity index (χ0n) is 19.5. The lowest BCUT2D eigenvalue weighted by atomic mass is 9.95. The summed E-state index contributed by atoms with van der Waals surface area (Å²) in [6.45, 7) is 5.82. The first-order valence-electron chi connectivity index (χ1n) is 10.8. The van der Waals surface area contributed by atoms with Crippen molar-refractivity contribution in [3.05, 3.63) is 96.2 Å². The van der Waals surface area contributed by atoms with Gasteiger partial charge in [0.15, 0.2) is 4.80 Å². The fourth-order valence-electron chi connectivity index (χ4n) is 3.88. The van der Waals surface area contributed by atoms with Crippen molar-refractivity contribution in [1.82, 2.24) is 4.57 Å². The Bertz CT molecular complexity index is 1390. The molecule has 0 unspecified atom stereocenters. The van der Waals surface area contributed by atoms with Crippen LogP contribution in [0.5, 0.6) is 0 Å². The van der Waals surface area contributed by atoms with Crippen LogP contribution in [0.4, 0.5) is 5.69 Å². The number of thiazole rings is 1. The van der Waals surface area contributed by atoms with Gasteiger partial charge in [-0.3, -0.25) is 9.36 Å². The Balaban J connectivity index is 1.90. The van der Waals surface area contributed by atoms with Gasteiger partial charge in [-0.2, -0.15) is 0 Å². The number of rotatable bonds is 5. The second-order valence-corrected chi connectivity index (χ2v) is 9.21. The van der Waals surface area contributed by atoms with Gasteiger partial charge < -0.3 is 9.64 Å². The van der Waals surface area contributed by atoms with Crippen molar-refractivity contribution in [2.45, 2.75) is 26.8 Å². The fourth-order valence-corrected chi connectivity index (χ4v) is 4.92. The molecule has 6 nitrogen and oxygen atoms in total. The summed E-state index contributed by atoms with van der Waals surface area (Å²) in [7, 11) is 3.98. The summed E-state index contributed by atoms with van der Waals surface area (Å²) in [4.78, 5) is 33.7. The Morgan fingerprint density at radius 3 is 2.39 bits per heavy atom. The number of anilines is 1. The van der Waals surface area contributed by atoms with Gasteiger partial charge in [0.1, 0.15) is 0 Å². The molecule has 4 rings (SSSR count). The third kappa shape index (κ3) is 4.41. The smallest absolute Gasteiger partial charge is 0.338 e. The third-order valence-electron chi connectivity index (χ3n) is 5.62. The first-order valence-corrected chi connectivity index (χ1v) is 11.7. The number of carbonyl (C=O) groups excluding carboxylic acids is 1. The Morgan fingerprint density at radius 2 is 1.79 bits per heavy atom. The molecule has 170 valence electrons. The Hall–Kier alpha value is -3.45. The molecule has 0 saturated carbocycles. The largest absolute Gasteiger partial charge is 0.463 e. The molecule has 1 aliphatic rings. The zero-order valence-corrected chi connectivity index (χ0v) is 20.3. The number of aryl methyl sites for hydroxylation is 1. The van der Waals surface area contributed by atoms with Crippen molar-refractivity contribution in [3.8, 4) is 0 Å². The predicted octanol–water partition coefficient (Wildman–Crippen LogP) is 3.17. The number of fused-ring (bicyclic) bond motifs is 1. The van der Waals surface area contributed by atoms with Gasteiger partial charge in [-0.1, -0.05) is 53.3 Å². The lowest BCUT2D eigenvalue weighted by Crippen LogP contribution is -2.39. The summed E-state index contributed by atoms with van der Waals surface area (Å²) < 4.78 is 7.52. The molecule has 0 amide bonds. The van der Waals surface area contributed by atoms with Crippen molar-refractivity contribution < 1.29 is 9.53 Å². The molecule has 3 aromatic rings. The second kappa shape index (κ2) is 9.19. The normalized spacial score (nSPS) is 15.8. The molecular formula is C26H27N3O3S. The summed E-state index contributed by atoms with van der Waals surface area (Å²) in [5.74, 6) is -0.446. The molecule has 2 heterocycles. The standard InChI is InChI=1S/C26H27N3O3S/c1-6-32-25(31)22-17(3)27-26-29(23(22)19-11-7-16(2)8-12-19)24(30)21(33-26)15-18-9-13-20(14-10-18)28(4)5/h7-15,23H,6H2,1-5H3/b21-15-/t23-/m0/s1. The van der Waals surface area contributed by atoms with Crippen LogP contribution in [0.25, 0.3) is 6.08 Å². The first kappa shape index (κ1) is 22.7. The van der Waals surface area contributed by atoms with Gasteiger partial charge in [-0.25, -0.2) is 9.79 Å². The summed E-state index contributed by atoms with van der Waals surface area (Å²) in [5, 5.41) is 0. The number of carbonyl (C=O) groups is 1. The van der Waals surface area contributed by atoms with E-state index in [1.807, 2.05) is 80.5 Å². The summed E-state index contributed by atoms with van der Waals surface area (Å²) in [5.41, 5.74) is 4.76. The van der Waals surface area contributed by atoms with Gasteiger partial charge in [-0.05, 0) is 50.1 Å². The third-order valence-corrected chi connectivity index (χ3v) is 6.60. The predicted molar refractivity (Wildman–Crippen MR) is 132 cm³/mol. The molecule has 0 bridgehead atoms. The number of ether oxygens (including phenoxy) is 1. The van der Waals surface area contributed by atoms with Crippen LogP contribution in [-0.4, -0.2) is 31.2 Å². The van der Waals surface area contributed by atoms with Crippen LogP contribution in [0, 0.1) is 6.92 Å². The molecule has 1 atom stereocenters. The van der Waals surface area contributed by atoms with Crippen LogP contribution in [0.1, 0.15) is 36.6 Å². The topological polar surface area (TPSA) is 63.9 Å². The SMILES string of the molecule is CCOC(=O)C1=C(C)N=c2s/c(=C\c3ccc(N(C)C)cc3)c(=O)n2[C@H]1c1ccc(C)cc1. The lowest BCUT2D eigenvalue weighted by Gasteiger charge is -2.24. The molecule has 7 heteroatoms. The zero-order chi connectivity index (χ0) is 23.7. The Morgan fingerprint density at radius 1 is 1.12 bits per heavy atom. The van der Waals surface area contributed by atoms with Crippen LogP contribution in [0.15, 0.2) is 69.6 Å². The number of aromatic nitrogens is 1. The van der Waals surface area contributed by atoms with Gasteiger partial charge in [0, 0.05) is 19.8 Å². The van der Waals surface area contributed by atoms with Gasteiger partial charge in [-0.15, -0.1) is 0 Å². The molecule has 0 saturated heterocycles. The average Bonchev–Trinajstić information content (AvgIpc) is 3.08. The number of esters is 1. The van der Waals surface area contributed by atoms with E-state index < -0.39 is 12.0 Å². The summed E-state index contributed by atoms with van der Waals surface area (Å²) in [6, 6.07) is 15.3. The average molecular weight is 462 g/mol. The van der Waals surface area contributed by atoms with Gasteiger partial charge in [0.25, 0.3) is 5.56 Å². The van der Waals surface area contributed by atoms with E-state index in [-0.39, 0.29) is 12.2 Å². The number of hydrogen-bond acceptors (Lipinski definition) is 6. The second-order valence-electron chi connectivity index (χ2n) is 8.20. The number of allylic oxidation sites excluding steroid dienone is 1. The van der Waals surface area contributed by atoms with Crippen molar-refractivity contribution in [2.75, 3.05) is 25.6 Å². The Labute approximate surface area is 196 Å². The molecule has 1 aromatic heterocycles. The highest BCUT2D eigenvalue weighted by molar-refractivity contribution is 7.07. The highest BCUT2D eigenvalue weighted by Crippen LogP contribution is 2.30. The molecule has 0 aliphatic carbocycles. The maximum absolute atomic E-state index is 13.6. The minimum absolute atomic E-state index is 0.171. The monoisotopic (exact) mass is 461 g/mol. The van der Waals surface area contributed by atoms with E-state index in [1.54, 1.807) is 18.4 Å². The Kier molecular flexibility index (Phi) is 6.33. The molecular weight excluding hydrogens is 434 g/mol. The van der Waals surface area contributed by atoms with Gasteiger partial charge in [0.2, 0.25) is 0 Å². The highest BCUT2D eigenvalue weighted by Gasteiger charge is 2.33. The minimum Gasteiger partial charge on any atom is -0.463 e. The van der Waals surface area contributed by atoms with Crippen LogP contribution < -0.4 is 19.8 Å². The maximum Gasteiger partial charge on any atom is 0.338 e. The summed E-state index contributed by atoms with van der Waals surface area (Å²) in [6.07, 6.45) is 1.87. The number of nitrogens with zero attached hydrogens (tertiary/aromatic N) is 3. The summed E-state index contributed by atoms with van der Waals surface area (Å²) >= 11 is 1.33. The molecule has 0 radical (unpaired) electrons. The van der Waals surface area contributed by atoms with Crippen LogP contribution in [0.3, 0.4) is 0 Å². The van der Waals surface area contributed by atoms with Gasteiger partial charge >= 0.3 is 5.97 Å². The quantitative estimate of drug-likeness (QED) is 0.548. The minimum atomic E-state index is -0.584. The molecule has 33 heavy (non-hydrogen) atoms. The van der Waals surface area contributed by atoms with Crippen LogP contribution >= 0.6 is 11.3 Å². The fraction of sp³-hybridized carbons (Fsp3) is 0.269. The number of hydrogen-bond donors (Lipinski definition) is 0. The van der Waals surface area contributed by atoms with Crippen molar-refractivity contribution >= 4 is 29.1 Å². The number of benzene rings is 2. The molecule has 2 aromatic carbocycles. The van der Waals surface area contributed by atoms with E-state index in [0.717, 1.165) is 22.4 Å². The van der Waals surface area contributed by atoms with E-state index in [4.69, 9.17) is 4.74 Å². The molecule has 0 spiro atoms.